The first-order valence-corrected chi connectivity index (χ1v) is 12.4. The summed E-state index contributed by atoms with van der Waals surface area (Å²) in [4.78, 5) is 29.5. The summed E-state index contributed by atoms with van der Waals surface area (Å²) in [5.41, 5.74) is 1.44. The second kappa shape index (κ2) is 9.06. The monoisotopic (exact) mass is 477 g/mol. The molecular formula is C27H32FN5O2. The van der Waals surface area contributed by atoms with E-state index < -0.39 is 17.4 Å². The van der Waals surface area contributed by atoms with Crippen LogP contribution in [-0.4, -0.2) is 43.3 Å². The van der Waals surface area contributed by atoms with Crippen LogP contribution in [0.3, 0.4) is 0 Å². The van der Waals surface area contributed by atoms with Crippen LogP contribution in [0.5, 0.6) is 0 Å². The summed E-state index contributed by atoms with van der Waals surface area (Å²) in [7, 11) is 0. The van der Waals surface area contributed by atoms with Crippen molar-refractivity contribution < 1.29 is 14.0 Å². The Morgan fingerprint density at radius 3 is 2.63 bits per heavy atom. The van der Waals surface area contributed by atoms with Gasteiger partial charge in [-0.1, -0.05) is 35.9 Å². The molecule has 0 spiro atoms. The predicted octanol–water partition coefficient (Wildman–Crippen LogP) is 4.24. The van der Waals surface area contributed by atoms with E-state index in [4.69, 9.17) is 0 Å². The molecule has 8 heteroatoms. The van der Waals surface area contributed by atoms with Crippen molar-refractivity contribution >= 4 is 22.8 Å². The minimum absolute atomic E-state index is 0.0387. The van der Waals surface area contributed by atoms with Crippen LogP contribution in [0, 0.1) is 17.7 Å². The number of aromatic nitrogens is 3. The number of carbonyl (C=O) groups excluding carboxylic acids is 2. The SMILES string of the molecule is CC(C)(C)NC(=O)C(c1cccc(F)c1)N(C(=O)Cn1nnc2ccccc21)C1CC2CCC1C2. The topological polar surface area (TPSA) is 80.1 Å². The molecule has 3 aromatic rings. The summed E-state index contributed by atoms with van der Waals surface area (Å²) in [5.74, 6) is -0.0425. The molecule has 2 bridgehead atoms. The van der Waals surface area contributed by atoms with Gasteiger partial charge in [-0.25, -0.2) is 9.07 Å². The van der Waals surface area contributed by atoms with Crippen LogP contribution in [0.25, 0.3) is 11.0 Å². The molecule has 2 aliphatic carbocycles. The van der Waals surface area contributed by atoms with E-state index in [0.29, 0.717) is 22.9 Å². The van der Waals surface area contributed by atoms with Gasteiger partial charge in [0.1, 0.15) is 23.9 Å². The largest absolute Gasteiger partial charge is 0.349 e. The standard InChI is InChI=1S/C27H32FN5O2/c1-27(2,3)29-26(35)25(19-7-6-8-20(28)15-19)33(23-14-17-11-12-18(23)13-17)24(34)16-32-22-10-5-4-9-21(22)30-31-32/h4-10,15,17-18,23,25H,11-14,16H2,1-3H3,(H,29,35). The number of nitrogens with one attached hydrogen (secondary N) is 1. The average Bonchev–Trinajstić information content (AvgIpc) is 3.52. The van der Waals surface area contributed by atoms with Crippen LogP contribution in [0.2, 0.25) is 0 Å². The van der Waals surface area contributed by atoms with Crippen molar-refractivity contribution in [3.63, 3.8) is 0 Å². The van der Waals surface area contributed by atoms with Gasteiger partial charge in [0.05, 0.1) is 5.52 Å². The Balaban J connectivity index is 1.56. The summed E-state index contributed by atoms with van der Waals surface area (Å²) >= 11 is 0. The van der Waals surface area contributed by atoms with Crippen molar-refractivity contribution in [1.82, 2.24) is 25.2 Å². The molecule has 4 atom stereocenters. The maximum absolute atomic E-state index is 14.3. The number of benzene rings is 2. The van der Waals surface area contributed by atoms with Crippen LogP contribution in [0.15, 0.2) is 48.5 Å². The minimum atomic E-state index is -0.934. The number of para-hydroxylation sites is 1. The van der Waals surface area contributed by atoms with E-state index in [-0.39, 0.29) is 24.4 Å². The Labute approximate surface area is 204 Å². The lowest BCUT2D eigenvalue weighted by atomic mass is 9.90. The van der Waals surface area contributed by atoms with Crippen LogP contribution in [-0.2, 0) is 16.1 Å². The summed E-state index contributed by atoms with van der Waals surface area (Å²) < 4.78 is 15.9. The second-order valence-electron chi connectivity index (χ2n) is 11.0. The zero-order valence-corrected chi connectivity index (χ0v) is 20.4. The van der Waals surface area contributed by atoms with Gasteiger partial charge in [-0.2, -0.15) is 0 Å². The van der Waals surface area contributed by atoms with Crippen LogP contribution in [0.4, 0.5) is 4.39 Å². The predicted molar refractivity (Wildman–Crippen MR) is 131 cm³/mol. The third-order valence-electron chi connectivity index (χ3n) is 7.24. The van der Waals surface area contributed by atoms with Gasteiger partial charge >= 0.3 is 0 Å². The summed E-state index contributed by atoms with van der Waals surface area (Å²) in [6.07, 6.45) is 4.14. The van der Waals surface area contributed by atoms with E-state index in [1.54, 1.807) is 21.7 Å². The number of amides is 2. The van der Waals surface area contributed by atoms with Crippen molar-refractivity contribution in [3.8, 4) is 0 Å². The van der Waals surface area contributed by atoms with Crippen molar-refractivity contribution in [1.29, 1.82) is 0 Å². The fourth-order valence-electron chi connectivity index (χ4n) is 5.87. The van der Waals surface area contributed by atoms with Crippen molar-refractivity contribution in [3.05, 3.63) is 59.9 Å². The molecule has 0 aliphatic heterocycles. The van der Waals surface area contributed by atoms with Gasteiger partial charge in [-0.05, 0) is 81.7 Å². The normalized spacial score (nSPS) is 22.3. The number of nitrogens with zero attached hydrogens (tertiary/aromatic N) is 4. The van der Waals surface area contributed by atoms with Crippen molar-refractivity contribution in [2.24, 2.45) is 11.8 Å². The molecule has 35 heavy (non-hydrogen) atoms. The van der Waals surface area contributed by atoms with E-state index in [9.17, 15) is 14.0 Å². The molecule has 1 N–H and O–H groups in total. The molecule has 2 saturated carbocycles. The number of hydrogen-bond acceptors (Lipinski definition) is 4. The van der Waals surface area contributed by atoms with Gasteiger partial charge in [0.15, 0.2) is 0 Å². The number of fused-ring (bicyclic) bond motifs is 3. The Kier molecular flexibility index (Phi) is 6.07. The second-order valence-corrected chi connectivity index (χ2v) is 11.0. The highest BCUT2D eigenvalue weighted by atomic mass is 19.1. The Morgan fingerprint density at radius 2 is 1.94 bits per heavy atom. The number of carbonyl (C=O) groups is 2. The highest BCUT2D eigenvalue weighted by Crippen LogP contribution is 2.48. The smallest absolute Gasteiger partial charge is 0.247 e. The Bertz CT molecular complexity index is 1250. The van der Waals surface area contributed by atoms with Gasteiger partial charge < -0.3 is 10.2 Å². The zero-order chi connectivity index (χ0) is 24.7. The first kappa shape index (κ1) is 23.5. The number of halogens is 1. The number of hydrogen-bond donors (Lipinski definition) is 1. The van der Waals surface area contributed by atoms with Crippen LogP contribution in [0.1, 0.15) is 58.1 Å². The zero-order valence-electron chi connectivity index (χ0n) is 20.4. The van der Waals surface area contributed by atoms with E-state index in [0.717, 1.165) is 31.2 Å². The lowest BCUT2D eigenvalue weighted by Gasteiger charge is -2.40. The fourth-order valence-corrected chi connectivity index (χ4v) is 5.87. The summed E-state index contributed by atoms with van der Waals surface area (Å²) in [6.45, 7) is 5.67. The Morgan fingerprint density at radius 1 is 1.14 bits per heavy atom. The lowest BCUT2D eigenvalue weighted by molar-refractivity contribution is -0.146. The molecule has 184 valence electrons. The summed E-state index contributed by atoms with van der Waals surface area (Å²) in [6, 6.07) is 12.5. The van der Waals surface area contributed by atoms with Gasteiger partial charge in [-0.3, -0.25) is 9.59 Å². The molecule has 2 amide bonds. The van der Waals surface area contributed by atoms with Crippen molar-refractivity contribution in [2.45, 2.75) is 70.6 Å². The maximum atomic E-state index is 14.3. The highest BCUT2D eigenvalue weighted by Gasteiger charge is 2.47. The molecule has 2 fully saturated rings. The van der Waals surface area contributed by atoms with E-state index >= 15 is 0 Å². The third kappa shape index (κ3) is 4.79. The molecular weight excluding hydrogens is 445 g/mol. The van der Waals surface area contributed by atoms with Crippen LogP contribution >= 0.6 is 0 Å². The van der Waals surface area contributed by atoms with E-state index in [1.165, 1.54) is 12.1 Å². The maximum Gasteiger partial charge on any atom is 0.247 e. The Hall–Kier alpha value is -3.29. The number of rotatable bonds is 6. The highest BCUT2D eigenvalue weighted by molar-refractivity contribution is 5.90. The summed E-state index contributed by atoms with van der Waals surface area (Å²) in [5, 5.41) is 11.4. The first-order chi connectivity index (χ1) is 16.7. The van der Waals surface area contributed by atoms with Crippen molar-refractivity contribution in [2.75, 3.05) is 0 Å². The third-order valence-corrected chi connectivity index (χ3v) is 7.24. The molecule has 1 aromatic heterocycles. The molecule has 5 rings (SSSR count). The molecule has 0 saturated heterocycles. The van der Waals surface area contributed by atoms with Gasteiger partial charge in [0.2, 0.25) is 11.8 Å². The lowest BCUT2D eigenvalue weighted by Crippen LogP contribution is -2.54. The molecule has 7 nitrogen and oxygen atoms in total. The van der Waals surface area contributed by atoms with Crippen LogP contribution < -0.4 is 5.32 Å². The van der Waals surface area contributed by atoms with Gasteiger partial charge in [0.25, 0.3) is 0 Å². The molecule has 1 heterocycles. The molecule has 2 aromatic carbocycles. The fraction of sp³-hybridized carbons (Fsp3) is 0.481. The molecule has 4 unspecified atom stereocenters. The van der Waals surface area contributed by atoms with Gasteiger partial charge in [-0.15, -0.1) is 5.10 Å². The van der Waals surface area contributed by atoms with Gasteiger partial charge in [0, 0.05) is 11.6 Å². The quantitative estimate of drug-likeness (QED) is 0.576. The minimum Gasteiger partial charge on any atom is -0.349 e. The first-order valence-electron chi connectivity index (χ1n) is 12.4. The van der Waals surface area contributed by atoms with E-state index in [2.05, 4.69) is 15.6 Å². The van der Waals surface area contributed by atoms with E-state index in [1.807, 2.05) is 45.0 Å². The average molecular weight is 478 g/mol. The molecule has 0 radical (unpaired) electrons. The molecule has 2 aliphatic rings.